The number of nitrogens with zero attached hydrogens (tertiary/aromatic N) is 1. The minimum atomic E-state index is 0.397. The first kappa shape index (κ1) is 11.7. The van der Waals surface area contributed by atoms with Gasteiger partial charge in [-0.15, -0.1) is 11.6 Å². The van der Waals surface area contributed by atoms with E-state index in [0.717, 1.165) is 16.5 Å². The minimum Gasteiger partial charge on any atom is -0.236 e. The van der Waals surface area contributed by atoms with Crippen molar-refractivity contribution in [1.82, 2.24) is 4.98 Å². The Bertz CT molecular complexity index is 521. The summed E-state index contributed by atoms with van der Waals surface area (Å²) in [5.41, 5.74) is 3.11. The number of aromatic nitrogens is 1. The van der Waals surface area contributed by atoms with E-state index < -0.39 is 0 Å². The minimum absolute atomic E-state index is 0.397. The molecule has 1 aromatic heterocycles. The normalized spacial score (nSPS) is 11.3. The average molecular weight is 254 g/mol. The second-order valence-corrected chi connectivity index (χ2v) is 4.80. The molecule has 0 saturated heterocycles. The zero-order chi connectivity index (χ0) is 11.7. The Morgan fingerprint density at radius 2 is 2.00 bits per heavy atom. The molecular formula is C13H13Cl2N. The Morgan fingerprint density at radius 3 is 2.62 bits per heavy atom. The van der Waals surface area contributed by atoms with Crippen LogP contribution in [0.4, 0.5) is 0 Å². The summed E-state index contributed by atoms with van der Waals surface area (Å²) in [6, 6.07) is 8.27. The number of benzene rings is 1. The first-order chi connectivity index (χ1) is 7.61. The van der Waals surface area contributed by atoms with Crippen LogP contribution in [-0.4, -0.2) is 4.98 Å². The van der Waals surface area contributed by atoms with E-state index in [1.165, 1.54) is 5.56 Å². The van der Waals surface area contributed by atoms with Gasteiger partial charge in [0.1, 0.15) is 5.15 Å². The van der Waals surface area contributed by atoms with Crippen molar-refractivity contribution in [1.29, 1.82) is 0 Å². The lowest BCUT2D eigenvalue weighted by Crippen LogP contribution is -1.91. The molecule has 0 aliphatic carbocycles. The van der Waals surface area contributed by atoms with Crippen LogP contribution in [0.1, 0.15) is 30.9 Å². The van der Waals surface area contributed by atoms with Crippen LogP contribution in [-0.2, 0) is 5.88 Å². The fraction of sp³-hybridized carbons (Fsp3) is 0.308. The van der Waals surface area contributed by atoms with E-state index in [1.54, 1.807) is 0 Å². The predicted octanol–water partition coefficient (Wildman–Crippen LogP) is 4.75. The van der Waals surface area contributed by atoms with E-state index in [0.29, 0.717) is 17.0 Å². The fourth-order valence-corrected chi connectivity index (χ4v) is 2.15. The summed E-state index contributed by atoms with van der Waals surface area (Å²) >= 11 is 11.8. The second-order valence-electron chi connectivity index (χ2n) is 4.18. The van der Waals surface area contributed by atoms with Gasteiger partial charge in [0.2, 0.25) is 0 Å². The van der Waals surface area contributed by atoms with Crippen LogP contribution in [0.2, 0.25) is 5.15 Å². The Kier molecular flexibility index (Phi) is 3.36. The molecule has 2 aromatic rings. The highest BCUT2D eigenvalue weighted by molar-refractivity contribution is 6.31. The monoisotopic (exact) mass is 253 g/mol. The van der Waals surface area contributed by atoms with Gasteiger partial charge in [0, 0.05) is 10.9 Å². The van der Waals surface area contributed by atoms with Crippen molar-refractivity contribution in [3.63, 3.8) is 0 Å². The van der Waals surface area contributed by atoms with Gasteiger partial charge < -0.3 is 0 Å². The number of hydrogen-bond acceptors (Lipinski definition) is 1. The van der Waals surface area contributed by atoms with Gasteiger partial charge in [0.25, 0.3) is 0 Å². The molecule has 1 aromatic carbocycles. The number of rotatable bonds is 2. The molecule has 0 atom stereocenters. The third-order valence-electron chi connectivity index (χ3n) is 2.68. The number of hydrogen-bond donors (Lipinski definition) is 0. The summed E-state index contributed by atoms with van der Waals surface area (Å²) in [6.45, 7) is 4.35. The van der Waals surface area contributed by atoms with Crippen molar-refractivity contribution in [2.75, 3.05) is 0 Å². The summed E-state index contributed by atoms with van der Waals surface area (Å²) in [5, 5.41) is 1.60. The zero-order valence-corrected chi connectivity index (χ0v) is 10.8. The lowest BCUT2D eigenvalue weighted by Gasteiger charge is -2.08. The molecule has 0 N–H and O–H groups in total. The molecule has 0 amide bonds. The number of halogens is 2. The molecule has 0 saturated carbocycles. The van der Waals surface area contributed by atoms with Crippen molar-refractivity contribution in [3.8, 4) is 0 Å². The van der Waals surface area contributed by atoms with Gasteiger partial charge in [0.15, 0.2) is 0 Å². The lowest BCUT2D eigenvalue weighted by atomic mass is 10.0. The van der Waals surface area contributed by atoms with Gasteiger partial charge in [-0.2, -0.15) is 0 Å². The summed E-state index contributed by atoms with van der Waals surface area (Å²) in [4.78, 5) is 4.33. The van der Waals surface area contributed by atoms with Crippen LogP contribution >= 0.6 is 23.2 Å². The number of fused-ring (bicyclic) bond motifs is 1. The highest BCUT2D eigenvalue weighted by atomic mass is 35.5. The lowest BCUT2D eigenvalue weighted by molar-refractivity contribution is 0.868. The number of alkyl halides is 1. The van der Waals surface area contributed by atoms with Crippen LogP contribution in [0.5, 0.6) is 0 Å². The first-order valence-electron chi connectivity index (χ1n) is 5.27. The van der Waals surface area contributed by atoms with Crippen molar-refractivity contribution in [3.05, 3.63) is 40.5 Å². The van der Waals surface area contributed by atoms with Gasteiger partial charge in [-0.05, 0) is 29.7 Å². The number of pyridine rings is 1. The Hall–Kier alpha value is -0.790. The Labute approximate surface area is 105 Å². The van der Waals surface area contributed by atoms with E-state index in [9.17, 15) is 0 Å². The van der Waals surface area contributed by atoms with Crippen LogP contribution < -0.4 is 0 Å². The fourth-order valence-electron chi connectivity index (χ4n) is 1.67. The average Bonchev–Trinajstić information content (AvgIpc) is 2.27. The molecule has 0 spiro atoms. The second kappa shape index (κ2) is 4.60. The molecule has 16 heavy (non-hydrogen) atoms. The Morgan fingerprint density at radius 1 is 1.25 bits per heavy atom. The van der Waals surface area contributed by atoms with Crippen molar-refractivity contribution in [2.45, 2.75) is 25.6 Å². The molecule has 2 rings (SSSR count). The summed E-state index contributed by atoms with van der Waals surface area (Å²) in [6.07, 6.45) is 0. The molecule has 0 aliphatic heterocycles. The van der Waals surface area contributed by atoms with E-state index in [4.69, 9.17) is 23.2 Å². The molecule has 0 aliphatic rings. The zero-order valence-electron chi connectivity index (χ0n) is 9.30. The maximum absolute atomic E-state index is 6.01. The molecule has 0 unspecified atom stereocenters. The summed E-state index contributed by atoms with van der Waals surface area (Å²) in [7, 11) is 0. The van der Waals surface area contributed by atoms with E-state index in [1.807, 2.05) is 12.1 Å². The third-order valence-corrected chi connectivity index (χ3v) is 3.29. The molecule has 0 radical (unpaired) electrons. The largest absolute Gasteiger partial charge is 0.236 e. The summed E-state index contributed by atoms with van der Waals surface area (Å²) < 4.78 is 0. The Balaban J connectivity index is 2.63. The van der Waals surface area contributed by atoms with Crippen molar-refractivity contribution < 1.29 is 0 Å². The van der Waals surface area contributed by atoms with Gasteiger partial charge >= 0.3 is 0 Å². The predicted molar refractivity (Wildman–Crippen MR) is 70.4 cm³/mol. The van der Waals surface area contributed by atoms with Crippen molar-refractivity contribution >= 4 is 34.1 Å². The first-order valence-corrected chi connectivity index (χ1v) is 6.18. The van der Waals surface area contributed by atoms with Gasteiger partial charge in [-0.25, -0.2) is 4.98 Å². The molecular weight excluding hydrogens is 241 g/mol. The van der Waals surface area contributed by atoms with E-state index in [2.05, 4.69) is 31.0 Å². The third kappa shape index (κ3) is 2.16. The van der Waals surface area contributed by atoms with Crippen molar-refractivity contribution in [2.24, 2.45) is 0 Å². The van der Waals surface area contributed by atoms with Gasteiger partial charge in [-0.1, -0.05) is 31.5 Å². The SMILES string of the molecule is CC(C)c1ccc2nc(Cl)c(CCl)cc2c1. The van der Waals surface area contributed by atoms with Crippen LogP contribution in [0, 0.1) is 0 Å². The maximum Gasteiger partial charge on any atom is 0.134 e. The molecule has 84 valence electrons. The van der Waals surface area contributed by atoms with Gasteiger partial charge in [-0.3, -0.25) is 0 Å². The smallest absolute Gasteiger partial charge is 0.134 e. The quantitative estimate of drug-likeness (QED) is 0.556. The topological polar surface area (TPSA) is 12.9 Å². The molecule has 0 fully saturated rings. The van der Waals surface area contributed by atoms with Crippen LogP contribution in [0.15, 0.2) is 24.3 Å². The van der Waals surface area contributed by atoms with Crippen LogP contribution in [0.3, 0.4) is 0 Å². The molecule has 1 nitrogen and oxygen atoms in total. The van der Waals surface area contributed by atoms with E-state index >= 15 is 0 Å². The van der Waals surface area contributed by atoms with E-state index in [-0.39, 0.29) is 0 Å². The van der Waals surface area contributed by atoms with Gasteiger partial charge in [0.05, 0.1) is 11.4 Å². The standard InChI is InChI=1S/C13H13Cl2N/c1-8(2)9-3-4-12-10(5-9)6-11(7-14)13(15)16-12/h3-6,8H,7H2,1-2H3. The molecule has 3 heteroatoms. The maximum atomic E-state index is 6.01. The molecule has 1 heterocycles. The summed E-state index contributed by atoms with van der Waals surface area (Å²) in [5.74, 6) is 0.910. The highest BCUT2D eigenvalue weighted by Gasteiger charge is 2.06. The molecule has 0 bridgehead atoms. The van der Waals surface area contributed by atoms with Crippen LogP contribution in [0.25, 0.3) is 10.9 Å². The highest BCUT2D eigenvalue weighted by Crippen LogP contribution is 2.25.